The summed E-state index contributed by atoms with van der Waals surface area (Å²) in [5.74, 6) is 0. The summed E-state index contributed by atoms with van der Waals surface area (Å²) in [7, 11) is 0. The van der Waals surface area contributed by atoms with Gasteiger partial charge in [0.25, 0.3) is 5.09 Å². The number of nitrogens with zero attached hydrogens (tertiary/aromatic N) is 1. The summed E-state index contributed by atoms with van der Waals surface area (Å²) in [5.41, 5.74) is 0. The van der Waals surface area contributed by atoms with Gasteiger partial charge in [-0.1, -0.05) is 19.8 Å². The van der Waals surface area contributed by atoms with Crippen LogP contribution >= 0.6 is 0 Å². The molecule has 1 unspecified atom stereocenters. The van der Waals surface area contributed by atoms with Crippen molar-refractivity contribution in [3.8, 4) is 0 Å². The van der Waals surface area contributed by atoms with Gasteiger partial charge < -0.3 is 4.84 Å². The second kappa shape index (κ2) is 5.88. The fourth-order valence-corrected chi connectivity index (χ4v) is 0.712. The Balaban J connectivity index is 3.49. The second-order valence-electron chi connectivity index (χ2n) is 2.25. The minimum absolute atomic E-state index is 0.411. The number of alkyl halides is 1. The molecule has 5 heteroatoms. The highest BCUT2D eigenvalue weighted by Gasteiger charge is 2.11. The summed E-state index contributed by atoms with van der Waals surface area (Å²) < 4.78 is 11.9. The number of rotatable bonds is 6. The molecule has 0 bridgehead atoms. The lowest BCUT2D eigenvalue weighted by Gasteiger charge is -2.08. The van der Waals surface area contributed by atoms with Gasteiger partial charge in [0.15, 0.2) is 0 Å². The Morgan fingerprint density at radius 3 is 2.73 bits per heavy atom. The van der Waals surface area contributed by atoms with Crippen LogP contribution in [0.5, 0.6) is 0 Å². The lowest BCUT2D eigenvalue weighted by atomic mass is 10.2. The van der Waals surface area contributed by atoms with Gasteiger partial charge in [-0.05, 0) is 6.42 Å². The average Bonchev–Trinajstić information content (AvgIpc) is 1.97. The number of hydrogen-bond acceptors (Lipinski definition) is 3. The quantitative estimate of drug-likeness (QED) is 0.444. The van der Waals surface area contributed by atoms with Crippen LogP contribution in [0.3, 0.4) is 0 Å². The first kappa shape index (κ1) is 10.1. The summed E-state index contributed by atoms with van der Waals surface area (Å²) in [6, 6.07) is 0. The van der Waals surface area contributed by atoms with E-state index in [0.717, 1.165) is 12.8 Å². The predicted octanol–water partition coefficient (Wildman–Crippen LogP) is 1.72. The minimum Gasteiger partial charge on any atom is -0.308 e. The molecule has 11 heavy (non-hydrogen) atoms. The van der Waals surface area contributed by atoms with E-state index in [4.69, 9.17) is 0 Å². The van der Waals surface area contributed by atoms with Crippen LogP contribution in [0.25, 0.3) is 0 Å². The fraction of sp³-hybridized carbons (Fsp3) is 1.00. The van der Waals surface area contributed by atoms with Crippen molar-refractivity contribution in [3.05, 3.63) is 10.1 Å². The molecule has 0 spiro atoms. The lowest BCUT2D eigenvalue weighted by Crippen LogP contribution is -2.18. The molecule has 0 N–H and O–H groups in total. The Kier molecular flexibility index (Phi) is 5.42. The first-order valence-electron chi connectivity index (χ1n) is 3.57. The first-order chi connectivity index (χ1) is 5.20. The van der Waals surface area contributed by atoms with E-state index in [0.29, 0.717) is 6.42 Å². The third-order valence-corrected chi connectivity index (χ3v) is 1.29. The molecule has 0 saturated carbocycles. The highest BCUT2D eigenvalue weighted by atomic mass is 19.1. The fourth-order valence-electron chi connectivity index (χ4n) is 0.712. The summed E-state index contributed by atoms with van der Waals surface area (Å²) in [4.78, 5) is 13.8. The zero-order valence-corrected chi connectivity index (χ0v) is 6.46. The third-order valence-electron chi connectivity index (χ3n) is 1.29. The number of hydrogen-bond donors (Lipinski definition) is 0. The predicted molar refractivity (Wildman–Crippen MR) is 37.4 cm³/mol. The van der Waals surface area contributed by atoms with Crippen LogP contribution in [0.4, 0.5) is 4.39 Å². The summed E-state index contributed by atoms with van der Waals surface area (Å²) in [6.07, 6.45) is 1.18. The molecular formula is C6H12FNO3. The Morgan fingerprint density at radius 2 is 2.36 bits per heavy atom. The molecule has 1 atom stereocenters. The van der Waals surface area contributed by atoms with Crippen molar-refractivity contribution in [2.75, 3.05) is 6.67 Å². The Hall–Kier alpha value is -0.870. The average molecular weight is 165 g/mol. The Labute approximate surface area is 64.5 Å². The van der Waals surface area contributed by atoms with Gasteiger partial charge in [0, 0.05) is 0 Å². The van der Waals surface area contributed by atoms with Gasteiger partial charge in [0.2, 0.25) is 0 Å². The molecular weight excluding hydrogens is 153 g/mol. The van der Waals surface area contributed by atoms with Crippen LogP contribution < -0.4 is 0 Å². The van der Waals surface area contributed by atoms with Gasteiger partial charge in [-0.15, -0.1) is 10.1 Å². The van der Waals surface area contributed by atoms with E-state index in [1.54, 1.807) is 0 Å². The van der Waals surface area contributed by atoms with E-state index in [1.807, 2.05) is 6.92 Å². The molecule has 0 aromatic heterocycles. The normalized spacial score (nSPS) is 12.5. The molecule has 0 aliphatic heterocycles. The van der Waals surface area contributed by atoms with Crippen LogP contribution in [-0.2, 0) is 4.84 Å². The van der Waals surface area contributed by atoms with Crippen molar-refractivity contribution < 1.29 is 14.3 Å². The second-order valence-corrected chi connectivity index (χ2v) is 2.25. The van der Waals surface area contributed by atoms with Gasteiger partial charge in [-0.25, -0.2) is 4.39 Å². The maximum absolute atomic E-state index is 11.9. The van der Waals surface area contributed by atoms with Crippen molar-refractivity contribution in [1.29, 1.82) is 0 Å². The summed E-state index contributed by atoms with van der Waals surface area (Å²) >= 11 is 0. The molecule has 0 fully saturated rings. The van der Waals surface area contributed by atoms with Gasteiger partial charge >= 0.3 is 0 Å². The molecule has 0 aromatic rings. The van der Waals surface area contributed by atoms with Crippen LogP contribution in [0.15, 0.2) is 0 Å². The number of halogens is 1. The molecule has 0 amide bonds. The van der Waals surface area contributed by atoms with Crippen LogP contribution in [-0.4, -0.2) is 17.9 Å². The first-order valence-corrected chi connectivity index (χ1v) is 3.57. The van der Waals surface area contributed by atoms with E-state index in [2.05, 4.69) is 4.84 Å². The lowest BCUT2D eigenvalue weighted by molar-refractivity contribution is -0.768. The van der Waals surface area contributed by atoms with Gasteiger partial charge in [0.1, 0.15) is 12.8 Å². The Morgan fingerprint density at radius 1 is 1.73 bits per heavy atom. The monoisotopic (exact) mass is 165 g/mol. The van der Waals surface area contributed by atoms with Crippen LogP contribution in [0.2, 0.25) is 0 Å². The van der Waals surface area contributed by atoms with E-state index >= 15 is 0 Å². The third kappa shape index (κ3) is 5.57. The maximum atomic E-state index is 11.9. The van der Waals surface area contributed by atoms with E-state index in [1.165, 1.54) is 0 Å². The van der Waals surface area contributed by atoms with Gasteiger partial charge in [-0.3, -0.25) is 0 Å². The van der Waals surface area contributed by atoms with E-state index in [9.17, 15) is 14.5 Å². The zero-order valence-electron chi connectivity index (χ0n) is 6.46. The van der Waals surface area contributed by atoms with Gasteiger partial charge in [0.05, 0.1) is 0 Å². The largest absolute Gasteiger partial charge is 0.308 e. The molecule has 0 radical (unpaired) electrons. The SMILES string of the molecule is CCCCC(CF)O[N+](=O)[O-]. The molecule has 66 valence electrons. The molecule has 0 heterocycles. The highest BCUT2D eigenvalue weighted by molar-refractivity contribution is 4.52. The maximum Gasteiger partial charge on any atom is 0.294 e. The zero-order chi connectivity index (χ0) is 8.69. The topological polar surface area (TPSA) is 52.4 Å². The van der Waals surface area contributed by atoms with Gasteiger partial charge in [-0.2, -0.15) is 0 Å². The smallest absolute Gasteiger partial charge is 0.294 e. The molecule has 0 aliphatic carbocycles. The summed E-state index contributed by atoms with van der Waals surface area (Å²) in [6.45, 7) is 1.14. The number of unbranched alkanes of at least 4 members (excludes halogenated alkanes) is 1. The standard InChI is InChI=1S/C6H12FNO3/c1-2-3-4-6(5-7)11-8(9)10/h6H,2-5H2,1H3. The van der Waals surface area contributed by atoms with Crippen LogP contribution in [0, 0.1) is 10.1 Å². The van der Waals surface area contributed by atoms with Crippen LogP contribution in [0.1, 0.15) is 26.2 Å². The van der Waals surface area contributed by atoms with Crippen molar-refractivity contribution >= 4 is 0 Å². The van der Waals surface area contributed by atoms with Crippen molar-refractivity contribution in [1.82, 2.24) is 0 Å². The minimum atomic E-state index is -0.945. The van der Waals surface area contributed by atoms with Crippen molar-refractivity contribution in [3.63, 3.8) is 0 Å². The summed E-state index contributed by atoms with van der Waals surface area (Å²) in [5, 5.41) is 8.80. The van der Waals surface area contributed by atoms with E-state index < -0.39 is 17.9 Å². The molecule has 0 aliphatic rings. The van der Waals surface area contributed by atoms with Crippen molar-refractivity contribution in [2.24, 2.45) is 0 Å². The highest BCUT2D eigenvalue weighted by Crippen LogP contribution is 2.05. The van der Waals surface area contributed by atoms with Crippen molar-refractivity contribution in [2.45, 2.75) is 32.3 Å². The van der Waals surface area contributed by atoms with E-state index in [-0.39, 0.29) is 0 Å². The molecule has 0 saturated heterocycles. The molecule has 0 rings (SSSR count). The Bertz CT molecular complexity index is 120. The molecule has 4 nitrogen and oxygen atoms in total. The molecule has 0 aromatic carbocycles.